The van der Waals surface area contributed by atoms with Crippen LogP contribution in [-0.2, 0) is 12.6 Å². The first-order valence-corrected chi connectivity index (χ1v) is 9.39. The number of nitrogens with one attached hydrogen (secondary N) is 1. The van der Waals surface area contributed by atoms with E-state index in [0.717, 1.165) is 17.0 Å². The highest BCUT2D eigenvalue weighted by Crippen LogP contribution is 2.30. The molecule has 2 aromatic carbocycles. The van der Waals surface area contributed by atoms with Crippen molar-refractivity contribution in [1.29, 1.82) is 5.26 Å². The van der Waals surface area contributed by atoms with Crippen molar-refractivity contribution in [3.8, 4) is 16.5 Å². The topological polar surface area (TPSA) is 74.7 Å². The number of aromatic nitrogens is 1. The molecule has 0 fully saturated rings. The van der Waals surface area contributed by atoms with Gasteiger partial charge >= 0.3 is 6.18 Å². The van der Waals surface area contributed by atoms with E-state index in [0.29, 0.717) is 29.2 Å². The second-order valence-corrected chi connectivity index (χ2v) is 7.41. The summed E-state index contributed by atoms with van der Waals surface area (Å²) in [6.07, 6.45) is -2.36. The molecule has 3 aromatic rings. The smallest absolute Gasteiger partial charge is 0.360 e. The second kappa shape index (κ2) is 8.59. The third kappa shape index (κ3) is 5.31. The number of anilines is 1. The quantitative estimate of drug-likeness (QED) is 0.561. The zero-order valence-corrected chi connectivity index (χ0v) is 15.8. The lowest BCUT2D eigenvalue weighted by molar-refractivity contribution is -0.137. The Kier molecular flexibility index (Phi) is 6.15. The molecule has 0 unspecified atom stereocenters. The number of benzene rings is 2. The number of rotatable bonds is 6. The van der Waals surface area contributed by atoms with E-state index in [-0.39, 0.29) is 11.6 Å². The first-order chi connectivity index (χ1) is 13.8. The lowest BCUT2D eigenvalue weighted by Crippen LogP contribution is -2.31. The molecule has 0 aliphatic heterocycles. The van der Waals surface area contributed by atoms with Crippen molar-refractivity contribution in [3.05, 3.63) is 71.2 Å². The third-order valence-corrected chi connectivity index (χ3v) is 5.18. The fourth-order valence-electron chi connectivity index (χ4n) is 2.67. The predicted octanol–water partition coefficient (Wildman–Crippen LogP) is 4.82. The van der Waals surface area contributed by atoms with E-state index in [1.807, 2.05) is 0 Å². The van der Waals surface area contributed by atoms with E-state index in [4.69, 9.17) is 11.0 Å². The van der Waals surface area contributed by atoms with E-state index in [1.165, 1.54) is 35.6 Å². The number of hydrogen-bond acceptors (Lipinski definition) is 5. The van der Waals surface area contributed by atoms with Gasteiger partial charge in [-0.2, -0.15) is 18.4 Å². The molecule has 150 valence electrons. The number of thiazole rings is 1. The Balaban J connectivity index is 1.57. The molecule has 0 radical (unpaired) electrons. The summed E-state index contributed by atoms with van der Waals surface area (Å²) in [6.45, 7) is 0.371. The van der Waals surface area contributed by atoms with Gasteiger partial charge in [-0.15, -0.1) is 0 Å². The maximum absolute atomic E-state index is 13.8. The van der Waals surface area contributed by atoms with Gasteiger partial charge in [0.15, 0.2) is 5.13 Å². The summed E-state index contributed by atoms with van der Waals surface area (Å²) in [6, 6.07) is 10.7. The minimum atomic E-state index is -4.36. The zero-order chi connectivity index (χ0) is 21.0. The van der Waals surface area contributed by atoms with E-state index < -0.39 is 17.6 Å². The van der Waals surface area contributed by atoms with Crippen LogP contribution >= 0.6 is 11.3 Å². The normalized spacial score (nSPS) is 12.4. The molecule has 9 heteroatoms. The number of nitrogens with two attached hydrogens (primary N) is 1. The number of hydrogen-bond donors (Lipinski definition) is 2. The van der Waals surface area contributed by atoms with Gasteiger partial charge in [-0.05, 0) is 41.8 Å². The van der Waals surface area contributed by atoms with Crippen molar-refractivity contribution in [1.82, 2.24) is 4.98 Å². The van der Waals surface area contributed by atoms with E-state index in [9.17, 15) is 17.6 Å². The first kappa shape index (κ1) is 20.8. The Morgan fingerprint density at radius 1 is 1.17 bits per heavy atom. The van der Waals surface area contributed by atoms with Crippen LogP contribution in [0.25, 0.3) is 10.4 Å². The monoisotopic (exact) mass is 420 g/mol. The lowest BCUT2D eigenvalue weighted by Gasteiger charge is -2.13. The van der Waals surface area contributed by atoms with Crippen LogP contribution in [0.3, 0.4) is 0 Å². The average Bonchev–Trinajstić information content (AvgIpc) is 3.15. The van der Waals surface area contributed by atoms with Crippen LogP contribution in [0.2, 0.25) is 0 Å². The van der Waals surface area contributed by atoms with Crippen LogP contribution in [0.1, 0.15) is 16.7 Å². The molecule has 1 heterocycles. The number of nitrogens with zero attached hydrogens (tertiary/aromatic N) is 2. The number of halogens is 4. The molecular formula is C20H16F4N4S. The molecular weight excluding hydrogens is 404 g/mol. The highest BCUT2D eigenvalue weighted by atomic mass is 32.1. The Bertz CT molecular complexity index is 1020. The second-order valence-electron chi connectivity index (χ2n) is 6.38. The molecule has 0 aliphatic carbocycles. The Hall–Kier alpha value is -2.96. The van der Waals surface area contributed by atoms with Gasteiger partial charge in [0, 0.05) is 18.8 Å². The fraction of sp³-hybridized carbons (Fsp3) is 0.200. The summed E-state index contributed by atoms with van der Waals surface area (Å²) in [5, 5.41) is 12.5. The predicted molar refractivity (Wildman–Crippen MR) is 104 cm³/mol. The molecule has 0 saturated carbocycles. The molecule has 0 amide bonds. The van der Waals surface area contributed by atoms with Gasteiger partial charge in [0.1, 0.15) is 11.9 Å². The molecule has 1 atom stereocenters. The van der Waals surface area contributed by atoms with Crippen molar-refractivity contribution < 1.29 is 17.6 Å². The first-order valence-electron chi connectivity index (χ1n) is 8.57. The van der Waals surface area contributed by atoms with Gasteiger partial charge < -0.3 is 11.1 Å². The molecule has 0 spiro atoms. The van der Waals surface area contributed by atoms with Gasteiger partial charge in [-0.25, -0.2) is 9.37 Å². The minimum Gasteiger partial charge on any atom is -0.360 e. The molecule has 0 aliphatic rings. The fourth-order valence-corrected chi connectivity index (χ4v) is 3.49. The van der Waals surface area contributed by atoms with E-state index in [2.05, 4.69) is 10.3 Å². The molecule has 3 N–H and O–H groups in total. The summed E-state index contributed by atoms with van der Waals surface area (Å²) in [4.78, 5) is 4.95. The maximum Gasteiger partial charge on any atom is 0.416 e. The van der Waals surface area contributed by atoms with Crippen molar-refractivity contribution in [2.75, 3.05) is 11.9 Å². The highest BCUT2D eigenvalue weighted by molar-refractivity contribution is 7.18. The molecule has 3 rings (SSSR count). The van der Waals surface area contributed by atoms with Crippen LogP contribution in [0.4, 0.5) is 22.7 Å². The molecule has 29 heavy (non-hydrogen) atoms. The summed E-state index contributed by atoms with van der Waals surface area (Å²) in [5.74, 6) is -0.591. The zero-order valence-electron chi connectivity index (χ0n) is 15.0. The van der Waals surface area contributed by atoms with Gasteiger partial charge in [-0.3, -0.25) is 0 Å². The average molecular weight is 420 g/mol. The van der Waals surface area contributed by atoms with Crippen LogP contribution in [-0.4, -0.2) is 17.6 Å². The number of alkyl halides is 3. The van der Waals surface area contributed by atoms with Gasteiger partial charge in [0.25, 0.3) is 0 Å². The molecule has 0 bridgehead atoms. The van der Waals surface area contributed by atoms with Crippen LogP contribution in [0.15, 0.2) is 48.7 Å². The summed E-state index contributed by atoms with van der Waals surface area (Å²) in [7, 11) is 0. The van der Waals surface area contributed by atoms with Gasteiger partial charge in [-0.1, -0.05) is 29.5 Å². The third-order valence-electron chi connectivity index (χ3n) is 4.17. The maximum atomic E-state index is 13.8. The van der Waals surface area contributed by atoms with Gasteiger partial charge in [0.2, 0.25) is 0 Å². The highest BCUT2D eigenvalue weighted by Gasteiger charge is 2.29. The molecule has 0 saturated heterocycles. The minimum absolute atomic E-state index is 0.0224. The molecule has 4 nitrogen and oxygen atoms in total. The number of nitriles is 1. The molecule has 1 aromatic heterocycles. The lowest BCUT2D eigenvalue weighted by atomic mass is 10.0. The summed E-state index contributed by atoms with van der Waals surface area (Å²) < 4.78 is 51.6. The van der Waals surface area contributed by atoms with Crippen molar-refractivity contribution in [3.63, 3.8) is 0 Å². The largest absolute Gasteiger partial charge is 0.416 e. The SMILES string of the molecule is N#Cc1ccc(-c2cnc(NC[C@H](N)Cc3ccc(C(F)(F)F)cc3)s2)cc1F. The van der Waals surface area contributed by atoms with Crippen molar-refractivity contribution in [2.45, 2.75) is 18.6 Å². The van der Waals surface area contributed by atoms with Crippen LogP contribution < -0.4 is 11.1 Å². The van der Waals surface area contributed by atoms with Crippen LogP contribution in [0, 0.1) is 17.1 Å². The van der Waals surface area contributed by atoms with E-state index >= 15 is 0 Å². The standard InChI is InChI=1S/C20H16F4N4S/c21-17-8-13(3-4-14(17)9-25)18-11-28-19(29-18)27-10-16(26)7-12-1-5-15(6-2-12)20(22,23)24/h1-6,8,11,16H,7,10,26H2,(H,27,28)/t16-/m1/s1. The summed E-state index contributed by atoms with van der Waals surface area (Å²) >= 11 is 1.31. The Labute approximate surface area is 168 Å². The summed E-state index contributed by atoms with van der Waals surface area (Å²) in [5.41, 5.74) is 6.67. The Morgan fingerprint density at radius 3 is 2.52 bits per heavy atom. The van der Waals surface area contributed by atoms with Crippen LogP contribution in [0.5, 0.6) is 0 Å². The van der Waals surface area contributed by atoms with Crippen molar-refractivity contribution in [2.24, 2.45) is 5.73 Å². The van der Waals surface area contributed by atoms with E-state index in [1.54, 1.807) is 18.3 Å². The van der Waals surface area contributed by atoms with Gasteiger partial charge in [0.05, 0.1) is 16.0 Å². The Morgan fingerprint density at radius 2 is 1.90 bits per heavy atom. The van der Waals surface area contributed by atoms with Crippen molar-refractivity contribution >= 4 is 16.5 Å².